The van der Waals surface area contributed by atoms with Gasteiger partial charge in [0.15, 0.2) is 5.78 Å². The van der Waals surface area contributed by atoms with Crippen LogP contribution in [0.25, 0.3) is 11.3 Å². The van der Waals surface area contributed by atoms with Crippen LogP contribution in [-0.4, -0.2) is 58.3 Å². The van der Waals surface area contributed by atoms with Crippen LogP contribution in [0, 0.1) is 5.82 Å². The Morgan fingerprint density at radius 2 is 1.97 bits per heavy atom. The third-order valence-electron chi connectivity index (χ3n) is 4.67. The lowest BCUT2D eigenvalue weighted by Crippen LogP contribution is -2.57. The minimum atomic E-state index is -0.612. The number of benzene rings is 1. The fraction of sp³-hybridized carbons (Fsp3) is 0.435. The fourth-order valence-corrected chi connectivity index (χ4v) is 3.08. The van der Waals surface area contributed by atoms with Crippen LogP contribution in [0.2, 0.25) is 0 Å². The first kappa shape index (κ1) is 22.7. The smallest absolute Gasteiger partial charge is 0.410 e. The molecule has 1 saturated heterocycles. The average Bonchev–Trinajstić information content (AvgIpc) is 2.67. The number of carbonyl (C=O) groups is 2. The van der Waals surface area contributed by atoms with Gasteiger partial charge in [-0.05, 0) is 51.5 Å². The highest BCUT2D eigenvalue weighted by molar-refractivity contribution is 5.96. The van der Waals surface area contributed by atoms with Crippen LogP contribution in [0.4, 0.5) is 9.18 Å². The van der Waals surface area contributed by atoms with Gasteiger partial charge in [-0.25, -0.2) is 9.18 Å². The molecular weight excluding hydrogens is 403 g/mol. The predicted octanol–water partition coefficient (Wildman–Crippen LogP) is 3.84. The van der Waals surface area contributed by atoms with E-state index < -0.39 is 11.4 Å². The van der Waals surface area contributed by atoms with Crippen molar-refractivity contribution in [3.05, 3.63) is 47.9 Å². The first-order chi connectivity index (χ1) is 14.7. The number of pyridine rings is 1. The average molecular weight is 430 g/mol. The lowest BCUT2D eigenvalue weighted by atomic mass is 10.0. The monoisotopic (exact) mass is 430 g/mol. The van der Waals surface area contributed by atoms with Crippen molar-refractivity contribution in [3.63, 3.8) is 0 Å². The Labute approximate surface area is 180 Å². The van der Waals surface area contributed by atoms with Gasteiger partial charge in [0.25, 0.3) is 0 Å². The maximum Gasteiger partial charge on any atom is 0.410 e. The second-order valence-electron chi connectivity index (χ2n) is 8.45. The molecule has 1 aliphatic rings. The molecule has 2 heterocycles. The molecular formula is C23H27FN2O5. The van der Waals surface area contributed by atoms with E-state index in [2.05, 4.69) is 4.98 Å². The van der Waals surface area contributed by atoms with Gasteiger partial charge < -0.3 is 19.5 Å². The van der Waals surface area contributed by atoms with Crippen LogP contribution in [0.5, 0.6) is 5.75 Å². The molecule has 7 nitrogen and oxygen atoms in total. The Morgan fingerprint density at radius 1 is 1.23 bits per heavy atom. The van der Waals surface area contributed by atoms with E-state index in [0.29, 0.717) is 36.5 Å². The molecule has 1 amide bonds. The van der Waals surface area contributed by atoms with E-state index in [-0.39, 0.29) is 36.6 Å². The summed E-state index contributed by atoms with van der Waals surface area (Å²) in [6.45, 7) is 6.23. The summed E-state index contributed by atoms with van der Waals surface area (Å²) < 4.78 is 25.5. The highest BCUT2D eigenvalue weighted by atomic mass is 19.1. The fourth-order valence-electron chi connectivity index (χ4n) is 3.08. The van der Waals surface area contributed by atoms with Crippen molar-refractivity contribution in [3.8, 4) is 17.0 Å². The normalized spacial score (nSPS) is 14.2. The number of amides is 1. The molecule has 1 N–H and O–H groups in total. The number of aromatic nitrogens is 1. The van der Waals surface area contributed by atoms with Gasteiger partial charge in [-0.1, -0.05) is 6.07 Å². The molecule has 0 atom stereocenters. The van der Waals surface area contributed by atoms with E-state index in [1.165, 1.54) is 12.1 Å². The number of ether oxygens (including phenoxy) is 2. The van der Waals surface area contributed by atoms with E-state index in [4.69, 9.17) is 14.6 Å². The van der Waals surface area contributed by atoms with Crippen molar-refractivity contribution in [1.82, 2.24) is 9.88 Å². The number of likely N-dealkylation sites (tertiary alicyclic amines) is 1. The van der Waals surface area contributed by atoms with Gasteiger partial charge in [-0.15, -0.1) is 0 Å². The summed E-state index contributed by atoms with van der Waals surface area (Å²) in [7, 11) is 0. The molecule has 8 heteroatoms. The van der Waals surface area contributed by atoms with E-state index in [9.17, 15) is 14.0 Å². The number of ketones is 1. The zero-order valence-corrected chi connectivity index (χ0v) is 17.9. The number of halogens is 1. The third-order valence-corrected chi connectivity index (χ3v) is 4.67. The van der Waals surface area contributed by atoms with Crippen LogP contribution in [0.3, 0.4) is 0 Å². The number of aliphatic hydroxyl groups excluding tert-OH is 1. The molecule has 166 valence electrons. The van der Waals surface area contributed by atoms with Crippen LogP contribution in [0.1, 0.15) is 44.0 Å². The van der Waals surface area contributed by atoms with Crippen molar-refractivity contribution >= 4 is 11.9 Å². The first-order valence-electron chi connectivity index (χ1n) is 10.2. The SMILES string of the molecule is CC(C)(C)OC(=O)N1CC(Oc2ccc(-c3ccc(C(=O)CCCO)c(F)c3)nc2)C1. The summed E-state index contributed by atoms with van der Waals surface area (Å²) in [6, 6.07) is 7.80. The molecule has 0 aliphatic carbocycles. The molecule has 31 heavy (non-hydrogen) atoms. The number of hydrogen-bond acceptors (Lipinski definition) is 6. The molecule has 0 unspecified atom stereocenters. The lowest BCUT2D eigenvalue weighted by molar-refractivity contribution is -0.0222. The minimum absolute atomic E-state index is 0.0108. The number of aliphatic hydroxyl groups is 1. The van der Waals surface area contributed by atoms with Crippen LogP contribution in [-0.2, 0) is 4.74 Å². The largest absolute Gasteiger partial charge is 0.485 e. The molecule has 0 bridgehead atoms. The number of rotatable bonds is 7. The summed E-state index contributed by atoms with van der Waals surface area (Å²) in [6.07, 6.45) is 1.45. The summed E-state index contributed by atoms with van der Waals surface area (Å²) in [4.78, 5) is 29.8. The van der Waals surface area contributed by atoms with E-state index in [1.807, 2.05) is 20.8 Å². The van der Waals surface area contributed by atoms with Crippen LogP contribution in [0.15, 0.2) is 36.5 Å². The Hall–Kier alpha value is -3.00. The van der Waals surface area contributed by atoms with Crippen LogP contribution < -0.4 is 4.74 Å². The molecule has 1 aromatic heterocycles. The second-order valence-corrected chi connectivity index (χ2v) is 8.45. The Kier molecular flexibility index (Phi) is 6.90. The predicted molar refractivity (Wildman–Crippen MR) is 113 cm³/mol. The second kappa shape index (κ2) is 9.43. The molecule has 0 radical (unpaired) electrons. The van der Waals surface area contributed by atoms with Crippen molar-refractivity contribution < 1.29 is 28.6 Å². The first-order valence-corrected chi connectivity index (χ1v) is 10.2. The molecule has 1 aromatic carbocycles. The van der Waals surface area contributed by atoms with Gasteiger partial charge in [-0.3, -0.25) is 9.78 Å². The highest BCUT2D eigenvalue weighted by Crippen LogP contribution is 2.25. The summed E-state index contributed by atoms with van der Waals surface area (Å²) in [5, 5.41) is 8.81. The Bertz CT molecular complexity index is 934. The Balaban J connectivity index is 1.56. The van der Waals surface area contributed by atoms with Gasteiger partial charge in [0.2, 0.25) is 0 Å². The van der Waals surface area contributed by atoms with Crippen LogP contribution >= 0.6 is 0 Å². The number of nitrogens with zero attached hydrogens (tertiary/aromatic N) is 2. The maximum absolute atomic E-state index is 14.3. The van der Waals surface area contributed by atoms with Crippen molar-refractivity contribution in [2.24, 2.45) is 0 Å². The van der Waals surface area contributed by atoms with Crippen molar-refractivity contribution in [2.75, 3.05) is 19.7 Å². The quantitative estimate of drug-likeness (QED) is 0.672. The topological polar surface area (TPSA) is 89.0 Å². The standard InChI is InChI=1S/C23H27FN2O5/c1-23(2,3)31-22(29)26-13-17(14-26)30-16-7-9-20(25-12-16)15-6-8-18(19(24)11-15)21(28)5-4-10-27/h6-9,11-12,17,27H,4-5,10,13-14H2,1-3H3. The molecule has 1 fully saturated rings. The zero-order chi connectivity index (χ0) is 22.6. The number of carbonyl (C=O) groups excluding carboxylic acids is 2. The van der Waals surface area contributed by atoms with E-state index >= 15 is 0 Å². The zero-order valence-electron chi connectivity index (χ0n) is 17.9. The van der Waals surface area contributed by atoms with Crippen molar-refractivity contribution in [1.29, 1.82) is 0 Å². The summed E-state index contributed by atoms with van der Waals surface area (Å²) in [5.41, 5.74) is 0.566. The molecule has 3 rings (SSSR count). The molecule has 0 saturated carbocycles. The number of hydrogen-bond donors (Lipinski definition) is 1. The third kappa shape index (κ3) is 6.01. The summed E-state index contributed by atoms with van der Waals surface area (Å²) in [5.74, 6) is -0.399. The minimum Gasteiger partial charge on any atom is -0.485 e. The lowest BCUT2D eigenvalue weighted by Gasteiger charge is -2.39. The van der Waals surface area contributed by atoms with E-state index in [1.54, 1.807) is 29.3 Å². The molecule has 1 aliphatic heterocycles. The van der Waals surface area contributed by atoms with E-state index in [0.717, 1.165) is 0 Å². The van der Waals surface area contributed by atoms with Gasteiger partial charge in [0.1, 0.15) is 23.3 Å². The molecule has 0 spiro atoms. The Morgan fingerprint density at radius 3 is 2.55 bits per heavy atom. The van der Waals surface area contributed by atoms with Gasteiger partial charge >= 0.3 is 6.09 Å². The van der Waals surface area contributed by atoms with Gasteiger partial charge in [0, 0.05) is 18.6 Å². The van der Waals surface area contributed by atoms with Gasteiger partial charge in [0.05, 0.1) is 30.5 Å². The highest BCUT2D eigenvalue weighted by Gasteiger charge is 2.35. The summed E-state index contributed by atoms with van der Waals surface area (Å²) >= 11 is 0. The van der Waals surface area contributed by atoms with Crippen molar-refractivity contribution in [2.45, 2.75) is 45.3 Å². The maximum atomic E-state index is 14.3. The number of Topliss-reactive ketones (excluding diaryl/α,β-unsaturated/α-hetero) is 1. The molecule has 2 aromatic rings. The van der Waals surface area contributed by atoms with Gasteiger partial charge in [-0.2, -0.15) is 0 Å².